The summed E-state index contributed by atoms with van der Waals surface area (Å²) in [6.45, 7) is 1.34. The Hall–Kier alpha value is -1.45. The average molecular weight is 240 g/mol. The number of rotatable bonds is 3. The summed E-state index contributed by atoms with van der Waals surface area (Å²) in [6.07, 6.45) is 0.679. The normalized spacial score (nSPS) is 22.8. The summed E-state index contributed by atoms with van der Waals surface area (Å²) in [7, 11) is 0. The van der Waals surface area contributed by atoms with Crippen LogP contribution >= 0.6 is 0 Å². The van der Waals surface area contributed by atoms with E-state index in [0.717, 1.165) is 0 Å². The fourth-order valence-corrected chi connectivity index (χ4v) is 2.29. The molecule has 0 saturated carbocycles. The van der Waals surface area contributed by atoms with E-state index >= 15 is 0 Å². The van der Waals surface area contributed by atoms with Crippen LogP contribution in [0.3, 0.4) is 0 Å². The van der Waals surface area contributed by atoms with Gasteiger partial charge in [-0.1, -0.05) is 6.92 Å². The minimum absolute atomic E-state index is 0.0866. The Morgan fingerprint density at radius 3 is 3.00 bits per heavy atom. The maximum atomic E-state index is 13.2. The lowest BCUT2D eigenvalue weighted by Crippen LogP contribution is -2.32. The van der Waals surface area contributed by atoms with Gasteiger partial charge in [-0.05, 0) is 24.6 Å². The number of ketones is 1. The second kappa shape index (κ2) is 4.43. The van der Waals surface area contributed by atoms with Crippen LogP contribution in [-0.4, -0.2) is 19.1 Å². The number of hydrogen-bond donors (Lipinski definition) is 0. The van der Waals surface area contributed by atoms with Gasteiger partial charge in [0.1, 0.15) is 18.2 Å². The first kappa shape index (κ1) is 12.0. The highest BCUT2D eigenvalue weighted by atomic mass is 19.1. The Kier molecular flexibility index (Phi) is 3.13. The molecule has 0 saturated heterocycles. The molecule has 1 atom stereocenters. The third kappa shape index (κ3) is 2.30. The van der Waals surface area contributed by atoms with Gasteiger partial charge < -0.3 is 4.74 Å². The molecular weight excluding hydrogens is 226 g/mol. The van der Waals surface area contributed by atoms with Crippen molar-refractivity contribution in [3.8, 4) is 5.75 Å². The predicted octanol–water partition coefficient (Wildman–Crippen LogP) is 2.79. The van der Waals surface area contributed by atoms with Gasteiger partial charge in [0, 0.05) is 17.4 Å². The van der Waals surface area contributed by atoms with Crippen LogP contribution in [0.15, 0.2) is 18.2 Å². The van der Waals surface area contributed by atoms with Crippen molar-refractivity contribution in [3.63, 3.8) is 0 Å². The van der Waals surface area contributed by atoms with E-state index in [-0.39, 0.29) is 12.2 Å². The third-order valence-corrected chi connectivity index (χ3v) is 3.24. The number of ether oxygens (including phenoxy) is 1. The monoisotopic (exact) mass is 240 g/mol. The van der Waals surface area contributed by atoms with Gasteiger partial charge in [-0.2, -0.15) is 0 Å². The molecule has 0 N–H and O–H groups in total. The van der Waals surface area contributed by atoms with Crippen LogP contribution in [0.25, 0.3) is 0 Å². The first-order chi connectivity index (χ1) is 8.05. The molecule has 1 heterocycles. The molecule has 1 aliphatic heterocycles. The van der Waals surface area contributed by atoms with E-state index in [1.807, 2.05) is 6.92 Å². The highest BCUT2D eigenvalue weighted by molar-refractivity contribution is 5.81. The van der Waals surface area contributed by atoms with Crippen LogP contribution in [0.2, 0.25) is 0 Å². The Morgan fingerprint density at radius 2 is 2.29 bits per heavy atom. The number of carbonyl (C=O) groups is 1. The molecule has 2 nitrogen and oxygen atoms in total. The SMILES string of the molecule is CC1(CC(=O)CF)CCOc2ccc(F)cc21. The highest BCUT2D eigenvalue weighted by Crippen LogP contribution is 2.41. The van der Waals surface area contributed by atoms with Gasteiger partial charge >= 0.3 is 0 Å². The van der Waals surface area contributed by atoms with Crippen molar-refractivity contribution in [2.75, 3.05) is 13.3 Å². The van der Waals surface area contributed by atoms with Crippen molar-refractivity contribution in [2.45, 2.75) is 25.2 Å². The third-order valence-electron chi connectivity index (χ3n) is 3.24. The average Bonchev–Trinajstić information content (AvgIpc) is 2.30. The molecule has 17 heavy (non-hydrogen) atoms. The maximum absolute atomic E-state index is 13.2. The zero-order valence-corrected chi connectivity index (χ0v) is 9.63. The Morgan fingerprint density at radius 1 is 1.53 bits per heavy atom. The van der Waals surface area contributed by atoms with Gasteiger partial charge in [0.05, 0.1) is 6.61 Å². The van der Waals surface area contributed by atoms with Crippen molar-refractivity contribution >= 4 is 5.78 Å². The minimum atomic E-state index is -0.971. The fraction of sp³-hybridized carbons (Fsp3) is 0.462. The summed E-state index contributed by atoms with van der Waals surface area (Å²) in [6, 6.07) is 4.25. The van der Waals surface area contributed by atoms with Crippen molar-refractivity contribution in [1.29, 1.82) is 0 Å². The summed E-state index contributed by atoms with van der Waals surface area (Å²) in [5, 5.41) is 0. The lowest BCUT2D eigenvalue weighted by molar-refractivity contribution is -0.121. The summed E-state index contributed by atoms with van der Waals surface area (Å²) in [4.78, 5) is 11.3. The molecule has 0 aliphatic carbocycles. The standard InChI is InChI=1S/C13H14F2O2/c1-13(7-10(16)8-14)4-5-17-12-3-2-9(15)6-11(12)13/h2-3,6H,4-5,7-8H2,1H3. The largest absolute Gasteiger partial charge is 0.493 e. The van der Waals surface area contributed by atoms with Gasteiger partial charge in [-0.25, -0.2) is 8.78 Å². The molecule has 0 bridgehead atoms. The second-order valence-corrected chi connectivity index (χ2v) is 4.65. The van der Waals surface area contributed by atoms with E-state index in [4.69, 9.17) is 4.74 Å². The Balaban J connectivity index is 2.38. The van der Waals surface area contributed by atoms with Gasteiger partial charge in [-0.3, -0.25) is 4.79 Å². The molecule has 1 aromatic carbocycles. The first-order valence-electron chi connectivity index (χ1n) is 5.56. The number of halogens is 2. The Bertz CT molecular complexity index is 445. The topological polar surface area (TPSA) is 26.3 Å². The summed E-state index contributed by atoms with van der Waals surface area (Å²) in [5.74, 6) is -0.232. The molecule has 0 spiro atoms. The van der Waals surface area contributed by atoms with E-state index in [1.54, 1.807) is 6.07 Å². The van der Waals surface area contributed by atoms with Crippen LogP contribution in [0.1, 0.15) is 25.3 Å². The summed E-state index contributed by atoms with van der Waals surface area (Å²) in [5.41, 5.74) is 0.129. The number of fused-ring (bicyclic) bond motifs is 1. The van der Waals surface area contributed by atoms with E-state index < -0.39 is 17.9 Å². The van der Waals surface area contributed by atoms with Crippen molar-refractivity contribution in [2.24, 2.45) is 0 Å². The van der Waals surface area contributed by atoms with Crippen molar-refractivity contribution < 1.29 is 18.3 Å². The molecule has 1 aromatic rings. The molecule has 0 amide bonds. The summed E-state index contributed by atoms with van der Waals surface area (Å²) < 4.78 is 31.0. The molecule has 1 unspecified atom stereocenters. The zero-order chi connectivity index (χ0) is 12.5. The van der Waals surface area contributed by atoms with E-state index in [1.165, 1.54) is 12.1 Å². The number of benzene rings is 1. The fourth-order valence-electron chi connectivity index (χ4n) is 2.29. The van der Waals surface area contributed by atoms with Gasteiger partial charge in [0.15, 0.2) is 5.78 Å². The molecule has 92 valence electrons. The van der Waals surface area contributed by atoms with Crippen LogP contribution in [0, 0.1) is 5.82 Å². The van der Waals surface area contributed by atoms with Crippen molar-refractivity contribution in [3.05, 3.63) is 29.6 Å². The highest BCUT2D eigenvalue weighted by Gasteiger charge is 2.35. The number of Topliss-reactive ketones (excluding diaryl/α,β-unsaturated/α-hetero) is 1. The Labute approximate surface area is 98.6 Å². The van der Waals surface area contributed by atoms with Crippen LogP contribution in [-0.2, 0) is 10.2 Å². The van der Waals surface area contributed by atoms with Crippen LogP contribution < -0.4 is 4.74 Å². The quantitative estimate of drug-likeness (QED) is 0.812. The molecule has 0 fully saturated rings. The molecule has 0 radical (unpaired) electrons. The lowest BCUT2D eigenvalue weighted by atomic mass is 9.74. The predicted molar refractivity (Wildman–Crippen MR) is 59.5 cm³/mol. The van der Waals surface area contributed by atoms with Crippen LogP contribution in [0.4, 0.5) is 8.78 Å². The molecule has 4 heteroatoms. The van der Waals surface area contributed by atoms with Gasteiger partial charge in [-0.15, -0.1) is 0 Å². The number of hydrogen-bond acceptors (Lipinski definition) is 2. The minimum Gasteiger partial charge on any atom is -0.493 e. The first-order valence-corrected chi connectivity index (χ1v) is 5.56. The molecule has 0 aromatic heterocycles. The van der Waals surface area contributed by atoms with E-state index in [2.05, 4.69) is 0 Å². The zero-order valence-electron chi connectivity index (χ0n) is 9.63. The van der Waals surface area contributed by atoms with Gasteiger partial charge in [0.25, 0.3) is 0 Å². The summed E-state index contributed by atoms with van der Waals surface area (Å²) >= 11 is 0. The molecule has 2 rings (SSSR count). The smallest absolute Gasteiger partial charge is 0.164 e. The number of alkyl halides is 1. The van der Waals surface area contributed by atoms with Crippen molar-refractivity contribution in [1.82, 2.24) is 0 Å². The van der Waals surface area contributed by atoms with E-state index in [0.29, 0.717) is 24.3 Å². The molecule has 1 aliphatic rings. The van der Waals surface area contributed by atoms with Gasteiger partial charge in [0.2, 0.25) is 0 Å². The number of carbonyl (C=O) groups excluding carboxylic acids is 1. The van der Waals surface area contributed by atoms with E-state index in [9.17, 15) is 13.6 Å². The second-order valence-electron chi connectivity index (χ2n) is 4.65. The maximum Gasteiger partial charge on any atom is 0.164 e. The molecular formula is C13H14F2O2. The van der Waals surface area contributed by atoms with Crippen LogP contribution in [0.5, 0.6) is 5.75 Å². The lowest BCUT2D eigenvalue weighted by Gasteiger charge is -2.35.